The van der Waals surface area contributed by atoms with Crippen LogP contribution in [0.15, 0.2) is 53.7 Å². The topological polar surface area (TPSA) is 102 Å². The molecule has 0 aliphatic rings. The van der Waals surface area contributed by atoms with Crippen LogP contribution in [0.3, 0.4) is 0 Å². The molecule has 0 unspecified atom stereocenters. The normalized spacial score (nSPS) is 11.1. The molecule has 1 heterocycles. The second-order valence-electron chi connectivity index (χ2n) is 4.11. The highest BCUT2D eigenvalue weighted by atomic mass is 32.2. The van der Waals surface area contributed by atoms with Gasteiger partial charge in [0, 0.05) is 18.9 Å². The molecular weight excluding hydrogens is 278 g/mol. The van der Waals surface area contributed by atoms with Crippen LogP contribution in [-0.4, -0.2) is 19.3 Å². The predicted molar refractivity (Wildman–Crippen MR) is 73.2 cm³/mol. The zero-order chi connectivity index (χ0) is 14.6. The molecule has 3 N–H and O–H groups in total. The Labute approximate surface area is 116 Å². The van der Waals surface area contributed by atoms with Gasteiger partial charge in [-0.25, -0.2) is 13.6 Å². The van der Waals surface area contributed by atoms with Crippen molar-refractivity contribution in [3.05, 3.63) is 59.9 Å². The van der Waals surface area contributed by atoms with Crippen molar-refractivity contribution in [1.29, 1.82) is 0 Å². The number of aromatic nitrogens is 1. The highest BCUT2D eigenvalue weighted by Crippen LogP contribution is 2.08. The summed E-state index contributed by atoms with van der Waals surface area (Å²) in [6, 6.07) is 9.34. The maximum Gasteiger partial charge on any atom is 0.253 e. The lowest BCUT2D eigenvalue weighted by atomic mass is 10.2. The van der Waals surface area contributed by atoms with Crippen molar-refractivity contribution in [2.45, 2.75) is 11.4 Å². The second-order valence-corrected chi connectivity index (χ2v) is 5.67. The number of amides is 1. The summed E-state index contributed by atoms with van der Waals surface area (Å²) in [5.41, 5.74) is 1.24. The lowest BCUT2D eigenvalue weighted by molar-refractivity contribution is 0.0950. The van der Waals surface area contributed by atoms with Gasteiger partial charge in [-0.1, -0.05) is 12.1 Å². The third-order valence-corrected chi connectivity index (χ3v) is 3.56. The molecule has 1 amide bonds. The molecule has 0 aliphatic heterocycles. The zero-order valence-corrected chi connectivity index (χ0v) is 11.3. The van der Waals surface area contributed by atoms with Crippen LogP contribution in [0.4, 0.5) is 0 Å². The van der Waals surface area contributed by atoms with Crippen LogP contribution >= 0.6 is 0 Å². The number of sulfonamides is 1. The molecule has 1 aromatic carbocycles. The molecule has 0 spiro atoms. The van der Waals surface area contributed by atoms with Crippen LogP contribution < -0.4 is 10.5 Å². The number of rotatable bonds is 4. The molecule has 7 heteroatoms. The van der Waals surface area contributed by atoms with E-state index in [2.05, 4.69) is 10.3 Å². The maximum absolute atomic E-state index is 11.8. The Bertz CT molecular complexity index is 697. The van der Waals surface area contributed by atoms with Crippen molar-refractivity contribution in [2.75, 3.05) is 0 Å². The van der Waals surface area contributed by atoms with Crippen LogP contribution in [0, 0.1) is 0 Å². The molecule has 0 saturated carbocycles. The van der Waals surface area contributed by atoms with E-state index in [1.54, 1.807) is 30.5 Å². The van der Waals surface area contributed by atoms with Crippen molar-refractivity contribution in [3.8, 4) is 0 Å². The molecule has 0 atom stereocenters. The summed E-state index contributed by atoms with van der Waals surface area (Å²) < 4.78 is 22.2. The molecular formula is C13H13N3O3S. The van der Waals surface area contributed by atoms with E-state index in [1.165, 1.54) is 18.3 Å². The van der Waals surface area contributed by atoms with Gasteiger partial charge in [-0.15, -0.1) is 0 Å². The van der Waals surface area contributed by atoms with Crippen molar-refractivity contribution in [2.24, 2.45) is 5.14 Å². The first-order valence-corrected chi connectivity index (χ1v) is 7.31. The average Bonchev–Trinajstić information content (AvgIpc) is 2.45. The molecule has 0 bridgehead atoms. The number of carbonyl (C=O) groups is 1. The Kier molecular flexibility index (Phi) is 4.11. The van der Waals surface area contributed by atoms with E-state index >= 15 is 0 Å². The van der Waals surface area contributed by atoms with Gasteiger partial charge in [0.2, 0.25) is 10.0 Å². The van der Waals surface area contributed by atoms with Gasteiger partial charge < -0.3 is 5.32 Å². The summed E-state index contributed by atoms with van der Waals surface area (Å²) in [6.45, 7) is 0.290. The van der Waals surface area contributed by atoms with E-state index in [1.807, 2.05) is 0 Å². The summed E-state index contributed by atoms with van der Waals surface area (Å²) in [5, 5.41) is 7.71. The molecule has 6 nitrogen and oxygen atoms in total. The summed E-state index contributed by atoms with van der Waals surface area (Å²) in [5.74, 6) is -0.242. The predicted octanol–water partition coefficient (Wildman–Crippen LogP) is 0.659. The van der Waals surface area contributed by atoms with Gasteiger partial charge in [-0.3, -0.25) is 9.78 Å². The van der Waals surface area contributed by atoms with Crippen LogP contribution in [-0.2, 0) is 16.6 Å². The van der Waals surface area contributed by atoms with Gasteiger partial charge in [0.1, 0.15) is 0 Å². The quantitative estimate of drug-likeness (QED) is 0.863. The first kappa shape index (κ1) is 14.2. The van der Waals surface area contributed by atoms with Crippen LogP contribution in [0.1, 0.15) is 15.9 Å². The molecule has 1 aromatic heterocycles. The zero-order valence-electron chi connectivity index (χ0n) is 10.5. The first-order chi connectivity index (χ1) is 9.47. The molecule has 0 saturated heterocycles. The van der Waals surface area contributed by atoms with Crippen LogP contribution in [0.5, 0.6) is 0 Å². The third kappa shape index (κ3) is 3.62. The molecule has 2 rings (SSSR count). The van der Waals surface area contributed by atoms with Crippen molar-refractivity contribution in [3.63, 3.8) is 0 Å². The first-order valence-electron chi connectivity index (χ1n) is 5.77. The van der Waals surface area contributed by atoms with Crippen molar-refractivity contribution in [1.82, 2.24) is 10.3 Å². The van der Waals surface area contributed by atoms with E-state index in [-0.39, 0.29) is 10.8 Å². The highest BCUT2D eigenvalue weighted by molar-refractivity contribution is 7.89. The van der Waals surface area contributed by atoms with Gasteiger partial charge in [-0.2, -0.15) is 0 Å². The SMILES string of the molecule is NS(=O)(=O)c1ccc(CNC(=O)c2cccnc2)cc1. The Morgan fingerprint density at radius 1 is 1.20 bits per heavy atom. The van der Waals surface area contributed by atoms with Crippen molar-refractivity contribution < 1.29 is 13.2 Å². The number of primary sulfonamides is 1. The number of hydrogen-bond donors (Lipinski definition) is 2. The number of hydrogen-bond acceptors (Lipinski definition) is 4. The average molecular weight is 291 g/mol. The molecule has 20 heavy (non-hydrogen) atoms. The molecule has 2 aromatic rings. The minimum atomic E-state index is -3.69. The summed E-state index contributed by atoms with van der Waals surface area (Å²) in [6.07, 6.45) is 3.06. The number of carbonyl (C=O) groups excluding carboxylic acids is 1. The van der Waals surface area contributed by atoms with E-state index in [0.717, 1.165) is 5.56 Å². The molecule has 0 aliphatic carbocycles. The molecule has 0 fully saturated rings. The van der Waals surface area contributed by atoms with Gasteiger partial charge in [0.05, 0.1) is 10.5 Å². The van der Waals surface area contributed by atoms with Gasteiger partial charge in [0.25, 0.3) is 5.91 Å². The lowest BCUT2D eigenvalue weighted by Gasteiger charge is -2.05. The highest BCUT2D eigenvalue weighted by Gasteiger charge is 2.08. The van der Waals surface area contributed by atoms with Crippen molar-refractivity contribution >= 4 is 15.9 Å². The van der Waals surface area contributed by atoms with E-state index in [4.69, 9.17) is 5.14 Å². The van der Waals surface area contributed by atoms with E-state index in [0.29, 0.717) is 12.1 Å². The minimum absolute atomic E-state index is 0.0415. The fourth-order valence-electron chi connectivity index (χ4n) is 1.58. The Morgan fingerprint density at radius 2 is 1.90 bits per heavy atom. The van der Waals surface area contributed by atoms with E-state index < -0.39 is 10.0 Å². The monoisotopic (exact) mass is 291 g/mol. The number of benzene rings is 1. The van der Waals surface area contributed by atoms with Crippen LogP contribution in [0.25, 0.3) is 0 Å². The maximum atomic E-state index is 11.8. The van der Waals surface area contributed by atoms with Gasteiger partial charge in [-0.05, 0) is 29.8 Å². The Morgan fingerprint density at radius 3 is 2.45 bits per heavy atom. The largest absolute Gasteiger partial charge is 0.348 e. The third-order valence-electron chi connectivity index (χ3n) is 2.63. The Hall–Kier alpha value is -2.25. The number of nitrogens with one attached hydrogen (secondary N) is 1. The lowest BCUT2D eigenvalue weighted by Crippen LogP contribution is -2.22. The Balaban J connectivity index is 2.00. The summed E-state index contributed by atoms with van der Waals surface area (Å²) in [7, 11) is -3.69. The standard InChI is InChI=1S/C13H13N3O3S/c14-20(18,19)12-5-3-10(4-6-12)8-16-13(17)11-2-1-7-15-9-11/h1-7,9H,8H2,(H,16,17)(H2,14,18,19). The van der Waals surface area contributed by atoms with E-state index in [9.17, 15) is 13.2 Å². The van der Waals surface area contributed by atoms with Gasteiger partial charge >= 0.3 is 0 Å². The minimum Gasteiger partial charge on any atom is -0.348 e. The second kappa shape index (κ2) is 5.81. The number of nitrogens with two attached hydrogens (primary N) is 1. The fraction of sp³-hybridized carbons (Fsp3) is 0.0769. The van der Waals surface area contributed by atoms with Crippen LogP contribution in [0.2, 0.25) is 0 Å². The summed E-state index contributed by atoms with van der Waals surface area (Å²) in [4.78, 5) is 15.7. The number of pyridine rings is 1. The van der Waals surface area contributed by atoms with Gasteiger partial charge in [0.15, 0.2) is 0 Å². The smallest absolute Gasteiger partial charge is 0.253 e. The fourth-order valence-corrected chi connectivity index (χ4v) is 2.09. The summed E-state index contributed by atoms with van der Waals surface area (Å²) >= 11 is 0. The number of nitrogens with zero attached hydrogens (tertiary/aromatic N) is 1. The molecule has 104 valence electrons. The molecule has 0 radical (unpaired) electrons.